The van der Waals surface area contributed by atoms with Crippen LogP contribution in [0.1, 0.15) is 70.3 Å². The normalized spacial score (nSPS) is 18.9. The van der Waals surface area contributed by atoms with Gasteiger partial charge in [0.2, 0.25) is 0 Å². The van der Waals surface area contributed by atoms with E-state index in [2.05, 4.69) is 5.32 Å². The topological polar surface area (TPSA) is 73.9 Å². The minimum absolute atomic E-state index is 0.0141. The van der Waals surface area contributed by atoms with E-state index in [-0.39, 0.29) is 36.5 Å². The third-order valence-electron chi connectivity index (χ3n) is 6.71. The molecule has 0 amide bonds. The lowest BCUT2D eigenvalue weighted by Gasteiger charge is -2.30. The summed E-state index contributed by atoms with van der Waals surface area (Å²) in [6, 6.07) is 3.36. The SMILES string of the molecule is COCCOC(=O)C1=C(C)NC(C)=C(C(=O)OCCCC2CCCCC2)C1c1ccc(F)c(F)c1. The molecule has 1 saturated carbocycles. The molecule has 0 radical (unpaired) electrons. The Kier molecular flexibility index (Phi) is 9.83. The molecule has 0 bridgehead atoms. The maximum atomic E-state index is 14.2. The molecule has 0 aromatic heterocycles. The Morgan fingerprint density at radius 2 is 1.54 bits per heavy atom. The highest BCUT2D eigenvalue weighted by molar-refractivity contribution is 5.99. The second-order valence-electron chi connectivity index (χ2n) is 9.22. The van der Waals surface area contributed by atoms with Crippen LogP contribution in [-0.4, -0.2) is 38.9 Å². The number of ether oxygens (including phenoxy) is 3. The van der Waals surface area contributed by atoms with Crippen LogP contribution in [0.15, 0.2) is 40.7 Å². The maximum Gasteiger partial charge on any atom is 0.336 e. The number of rotatable bonds is 10. The predicted molar refractivity (Wildman–Crippen MR) is 127 cm³/mol. The molecular weight excluding hydrogens is 456 g/mol. The van der Waals surface area contributed by atoms with Crippen LogP contribution < -0.4 is 5.32 Å². The van der Waals surface area contributed by atoms with Gasteiger partial charge in [-0.3, -0.25) is 0 Å². The van der Waals surface area contributed by atoms with Crippen molar-refractivity contribution in [1.82, 2.24) is 5.32 Å². The Labute approximate surface area is 205 Å². The number of nitrogens with one attached hydrogen (secondary N) is 1. The van der Waals surface area contributed by atoms with Crippen molar-refractivity contribution in [3.8, 4) is 0 Å². The highest BCUT2D eigenvalue weighted by Gasteiger charge is 2.38. The number of methoxy groups -OCH3 is 1. The molecule has 3 rings (SSSR count). The lowest BCUT2D eigenvalue weighted by atomic mass is 9.80. The first-order chi connectivity index (χ1) is 16.8. The van der Waals surface area contributed by atoms with Gasteiger partial charge in [0.05, 0.1) is 30.3 Å². The minimum atomic E-state index is -1.07. The highest BCUT2D eigenvalue weighted by Crippen LogP contribution is 2.39. The summed E-state index contributed by atoms with van der Waals surface area (Å²) >= 11 is 0. The van der Waals surface area contributed by atoms with Gasteiger partial charge in [-0.05, 0) is 50.3 Å². The summed E-state index contributed by atoms with van der Waals surface area (Å²) in [5.74, 6) is -3.63. The van der Waals surface area contributed by atoms with Crippen molar-refractivity contribution in [2.24, 2.45) is 5.92 Å². The molecule has 2 aliphatic rings. The van der Waals surface area contributed by atoms with Crippen LogP contribution in [0.5, 0.6) is 0 Å². The zero-order valence-electron chi connectivity index (χ0n) is 20.8. The third kappa shape index (κ3) is 6.90. The van der Waals surface area contributed by atoms with Crippen molar-refractivity contribution >= 4 is 11.9 Å². The number of dihydropyridines is 1. The molecular formula is C27H35F2NO5. The van der Waals surface area contributed by atoms with Crippen LogP contribution >= 0.6 is 0 Å². The van der Waals surface area contributed by atoms with Crippen LogP contribution in [0.4, 0.5) is 8.78 Å². The van der Waals surface area contributed by atoms with Gasteiger partial charge in [0, 0.05) is 18.5 Å². The molecule has 0 saturated heterocycles. The number of carbonyl (C=O) groups excluding carboxylic acids is 2. The van der Waals surface area contributed by atoms with Crippen LogP contribution in [0, 0.1) is 17.6 Å². The number of hydrogen-bond donors (Lipinski definition) is 1. The van der Waals surface area contributed by atoms with E-state index in [0.29, 0.717) is 17.3 Å². The fourth-order valence-corrected chi connectivity index (χ4v) is 4.95. The molecule has 1 aromatic carbocycles. The summed E-state index contributed by atoms with van der Waals surface area (Å²) in [7, 11) is 1.49. The van der Waals surface area contributed by atoms with Gasteiger partial charge in [-0.25, -0.2) is 18.4 Å². The average Bonchev–Trinajstić information content (AvgIpc) is 2.83. The summed E-state index contributed by atoms with van der Waals surface area (Å²) in [5.41, 5.74) is 1.54. The van der Waals surface area contributed by atoms with Gasteiger partial charge in [-0.1, -0.05) is 38.2 Å². The van der Waals surface area contributed by atoms with E-state index in [9.17, 15) is 18.4 Å². The second-order valence-corrected chi connectivity index (χ2v) is 9.22. The minimum Gasteiger partial charge on any atom is -0.462 e. The molecule has 6 nitrogen and oxygen atoms in total. The molecule has 35 heavy (non-hydrogen) atoms. The zero-order chi connectivity index (χ0) is 25.4. The van der Waals surface area contributed by atoms with Crippen molar-refractivity contribution in [2.45, 2.75) is 64.7 Å². The monoisotopic (exact) mass is 491 g/mol. The number of allylic oxidation sites excluding steroid dienone is 2. The van der Waals surface area contributed by atoms with Gasteiger partial charge in [0.15, 0.2) is 11.6 Å². The summed E-state index contributed by atoms with van der Waals surface area (Å²) in [5, 5.41) is 3.06. The van der Waals surface area contributed by atoms with E-state index in [4.69, 9.17) is 14.2 Å². The molecule has 1 atom stereocenters. The Balaban J connectivity index is 1.82. The standard InChI is InChI=1S/C27H35F2NO5/c1-17-23(26(31)34-13-7-10-19-8-5-4-6-9-19)25(20-11-12-21(28)22(29)16-20)24(18(2)30-17)27(32)35-15-14-33-3/h11-12,16,19,25,30H,4-10,13-15H2,1-3H3. The van der Waals surface area contributed by atoms with Gasteiger partial charge >= 0.3 is 11.9 Å². The Hall–Kier alpha value is -2.74. The molecule has 1 unspecified atom stereocenters. The molecule has 1 fully saturated rings. The first-order valence-corrected chi connectivity index (χ1v) is 12.3. The first kappa shape index (κ1) is 26.9. The van der Waals surface area contributed by atoms with Crippen LogP contribution in [0.25, 0.3) is 0 Å². The van der Waals surface area contributed by atoms with E-state index < -0.39 is 29.5 Å². The molecule has 1 N–H and O–H groups in total. The predicted octanol–water partition coefficient (Wildman–Crippen LogP) is 5.29. The smallest absolute Gasteiger partial charge is 0.336 e. The van der Waals surface area contributed by atoms with E-state index in [1.165, 1.54) is 45.3 Å². The Morgan fingerprint density at radius 1 is 0.914 bits per heavy atom. The first-order valence-electron chi connectivity index (χ1n) is 12.3. The zero-order valence-corrected chi connectivity index (χ0v) is 20.8. The number of halogens is 2. The Bertz CT molecular complexity index is 982. The van der Waals surface area contributed by atoms with Gasteiger partial charge in [-0.15, -0.1) is 0 Å². The molecule has 1 aliphatic heterocycles. The van der Waals surface area contributed by atoms with Crippen LogP contribution in [0.3, 0.4) is 0 Å². The maximum absolute atomic E-state index is 14.2. The van der Waals surface area contributed by atoms with Crippen LogP contribution in [0.2, 0.25) is 0 Å². The number of carbonyl (C=O) groups is 2. The molecule has 1 aliphatic carbocycles. The van der Waals surface area contributed by atoms with E-state index in [1.807, 2.05) is 0 Å². The quantitative estimate of drug-likeness (QED) is 0.354. The lowest BCUT2D eigenvalue weighted by molar-refractivity contribution is -0.141. The fourth-order valence-electron chi connectivity index (χ4n) is 4.95. The summed E-state index contributed by atoms with van der Waals surface area (Å²) in [6.45, 7) is 3.84. The van der Waals surface area contributed by atoms with Crippen LogP contribution in [-0.2, 0) is 23.8 Å². The van der Waals surface area contributed by atoms with E-state index in [0.717, 1.165) is 25.0 Å². The fraction of sp³-hybridized carbons (Fsp3) is 0.556. The highest BCUT2D eigenvalue weighted by atomic mass is 19.2. The summed E-state index contributed by atoms with van der Waals surface area (Å²) in [6.07, 6.45) is 8.01. The number of esters is 2. The van der Waals surface area contributed by atoms with E-state index in [1.54, 1.807) is 13.8 Å². The Morgan fingerprint density at radius 3 is 2.14 bits per heavy atom. The average molecular weight is 492 g/mol. The van der Waals surface area contributed by atoms with Crippen molar-refractivity contribution in [3.05, 3.63) is 57.9 Å². The van der Waals surface area contributed by atoms with Crippen molar-refractivity contribution < 1.29 is 32.6 Å². The molecule has 0 spiro atoms. The molecule has 1 heterocycles. The van der Waals surface area contributed by atoms with Crippen molar-refractivity contribution in [3.63, 3.8) is 0 Å². The number of hydrogen-bond acceptors (Lipinski definition) is 6. The third-order valence-corrected chi connectivity index (χ3v) is 6.71. The van der Waals surface area contributed by atoms with Crippen molar-refractivity contribution in [2.75, 3.05) is 26.9 Å². The number of benzene rings is 1. The lowest BCUT2D eigenvalue weighted by Crippen LogP contribution is -2.33. The molecule has 192 valence electrons. The van der Waals surface area contributed by atoms with E-state index >= 15 is 0 Å². The van der Waals surface area contributed by atoms with Gasteiger partial charge in [0.25, 0.3) is 0 Å². The molecule has 8 heteroatoms. The van der Waals surface area contributed by atoms with Gasteiger partial charge in [-0.2, -0.15) is 0 Å². The molecule has 1 aromatic rings. The van der Waals surface area contributed by atoms with Gasteiger partial charge in [0.1, 0.15) is 6.61 Å². The van der Waals surface area contributed by atoms with Gasteiger partial charge < -0.3 is 19.5 Å². The van der Waals surface area contributed by atoms with Crippen molar-refractivity contribution in [1.29, 1.82) is 0 Å². The summed E-state index contributed by atoms with van der Waals surface area (Å²) in [4.78, 5) is 26.3. The second kappa shape index (κ2) is 12.8. The summed E-state index contributed by atoms with van der Waals surface area (Å²) < 4.78 is 43.7. The largest absolute Gasteiger partial charge is 0.462 e.